The fourth-order valence-electron chi connectivity index (χ4n) is 0.632. The minimum atomic E-state index is -0.945. The second-order valence-corrected chi connectivity index (χ2v) is 3.07. The smallest absolute Gasteiger partial charge is 0.347 e. The number of hydrogen-bond acceptors (Lipinski definition) is 4. The van der Waals surface area contributed by atoms with Crippen LogP contribution in [0.5, 0.6) is 0 Å². The number of rotatable bonds is 3. The van der Waals surface area contributed by atoms with E-state index in [1.54, 1.807) is 12.2 Å². The molecule has 3 N–H and O–H groups in total. The molecule has 1 aromatic rings. The van der Waals surface area contributed by atoms with Crippen LogP contribution in [0.1, 0.15) is 14.7 Å². The summed E-state index contributed by atoms with van der Waals surface area (Å²) in [6.07, 6.45) is 4.77. The van der Waals surface area contributed by atoms with E-state index in [2.05, 4.69) is 4.98 Å². The molecule has 0 radical (unpaired) electrons. The molecule has 0 bridgehead atoms. The third kappa shape index (κ3) is 2.14. The van der Waals surface area contributed by atoms with Crippen LogP contribution in [0.25, 0.3) is 6.08 Å². The molecule has 0 aliphatic rings. The minimum Gasteiger partial charge on any atom is -0.477 e. The maximum atomic E-state index is 10.4. The van der Waals surface area contributed by atoms with E-state index in [-0.39, 0.29) is 4.88 Å². The molecule has 5 heteroatoms. The first-order chi connectivity index (χ1) is 5.74. The number of carboxylic acids is 1. The van der Waals surface area contributed by atoms with Gasteiger partial charge in [0.1, 0.15) is 9.88 Å². The van der Waals surface area contributed by atoms with Crippen LogP contribution in [-0.2, 0) is 0 Å². The highest BCUT2D eigenvalue weighted by Crippen LogP contribution is 2.13. The molecule has 12 heavy (non-hydrogen) atoms. The molecule has 0 amide bonds. The van der Waals surface area contributed by atoms with Gasteiger partial charge in [-0.15, -0.1) is 11.3 Å². The van der Waals surface area contributed by atoms with Gasteiger partial charge in [0.25, 0.3) is 0 Å². The topological polar surface area (TPSA) is 76.2 Å². The Labute approximate surface area is 73.4 Å². The van der Waals surface area contributed by atoms with Gasteiger partial charge in [-0.05, 0) is 6.08 Å². The molecule has 1 rings (SSSR count). The van der Waals surface area contributed by atoms with Crippen molar-refractivity contribution in [2.75, 3.05) is 6.54 Å². The van der Waals surface area contributed by atoms with Crippen molar-refractivity contribution in [3.8, 4) is 0 Å². The van der Waals surface area contributed by atoms with Crippen LogP contribution < -0.4 is 5.73 Å². The van der Waals surface area contributed by atoms with Crippen LogP contribution in [0.2, 0.25) is 0 Å². The number of hydrogen-bond donors (Lipinski definition) is 2. The Balaban J connectivity index is 2.77. The molecule has 1 aromatic heterocycles. The molecular weight excluding hydrogens is 176 g/mol. The summed E-state index contributed by atoms with van der Waals surface area (Å²) in [6.45, 7) is 0.433. The summed E-state index contributed by atoms with van der Waals surface area (Å²) in [4.78, 5) is 14.5. The van der Waals surface area contributed by atoms with Crippen molar-refractivity contribution in [1.29, 1.82) is 0 Å². The Kier molecular flexibility index (Phi) is 2.95. The maximum Gasteiger partial charge on any atom is 0.347 e. The SMILES string of the molecule is NCC=Cc1ncc(C(=O)O)s1. The summed E-state index contributed by atoms with van der Waals surface area (Å²) < 4.78 is 0. The molecule has 0 saturated carbocycles. The second kappa shape index (κ2) is 3.99. The van der Waals surface area contributed by atoms with E-state index in [4.69, 9.17) is 10.8 Å². The van der Waals surface area contributed by atoms with Gasteiger partial charge in [0, 0.05) is 6.54 Å². The van der Waals surface area contributed by atoms with E-state index >= 15 is 0 Å². The summed E-state index contributed by atoms with van der Waals surface area (Å²) in [5.74, 6) is -0.945. The lowest BCUT2D eigenvalue weighted by molar-refractivity contribution is 0.0702. The summed E-state index contributed by atoms with van der Waals surface area (Å²) in [6, 6.07) is 0. The molecular formula is C7H8N2O2S. The number of carbonyl (C=O) groups is 1. The Hall–Kier alpha value is -1.20. The van der Waals surface area contributed by atoms with Crippen molar-refractivity contribution in [2.45, 2.75) is 0 Å². The third-order valence-corrected chi connectivity index (χ3v) is 2.08. The van der Waals surface area contributed by atoms with Crippen LogP contribution in [0.3, 0.4) is 0 Å². The lowest BCUT2D eigenvalue weighted by Crippen LogP contribution is -1.91. The number of carboxylic acid groups (broad SMARTS) is 1. The molecule has 0 atom stereocenters. The van der Waals surface area contributed by atoms with Gasteiger partial charge in [-0.3, -0.25) is 0 Å². The second-order valence-electron chi connectivity index (χ2n) is 2.01. The maximum absolute atomic E-state index is 10.4. The zero-order valence-corrected chi connectivity index (χ0v) is 7.04. The molecule has 0 unspecified atom stereocenters. The first-order valence-corrected chi connectivity index (χ1v) is 4.11. The molecule has 0 spiro atoms. The summed E-state index contributed by atoms with van der Waals surface area (Å²) in [5.41, 5.74) is 5.22. The standard InChI is InChI=1S/C7H8N2O2S/c8-3-1-2-6-9-4-5(12-6)7(10)11/h1-2,4H,3,8H2,(H,10,11). The summed E-state index contributed by atoms with van der Waals surface area (Å²) >= 11 is 1.13. The van der Waals surface area contributed by atoms with Crippen molar-refractivity contribution in [1.82, 2.24) is 4.98 Å². The highest BCUT2D eigenvalue weighted by atomic mass is 32.1. The molecule has 4 nitrogen and oxygen atoms in total. The zero-order chi connectivity index (χ0) is 8.97. The number of aromatic carboxylic acids is 1. The number of nitrogens with two attached hydrogens (primary N) is 1. The van der Waals surface area contributed by atoms with Crippen molar-refractivity contribution in [3.63, 3.8) is 0 Å². The minimum absolute atomic E-state index is 0.242. The van der Waals surface area contributed by atoms with Gasteiger partial charge in [-0.2, -0.15) is 0 Å². The van der Waals surface area contributed by atoms with Crippen molar-refractivity contribution < 1.29 is 9.90 Å². The van der Waals surface area contributed by atoms with E-state index in [1.807, 2.05) is 0 Å². The van der Waals surface area contributed by atoms with E-state index < -0.39 is 5.97 Å². The van der Waals surface area contributed by atoms with Gasteiger partial charge < -0.3 is 10.8 Å². The van der Waals surface area contributed by atoms with Crippen LogP contribution in [0.4, 0.5) is 0 Å². The predicted octanol–water partition coefficient (Wildman–Crippen LogP) is 0.813. The summed E-state index contributed by atoms with van der Waals surface area (Å²) in [7, 11) is 0. The summed E-state index contributed by atoms with van der Waals surface area (Å²) in [5, 5.41) is 9.21. The van der Waals surface area contributed by atoms with Gasteiger partial charge in [-0.25, -0.2) is 9.78 Å². The number of nitrogens with zero attached hydrogens (tertiary/aromatic N) is 1. The number of thiazole rings is 1. The normalized spacial score (nSPS) is 10.8. The van der Waals surface area contributed by atoms with E-state index in [9.17, 15) is 4.79 Å². The quantitative estimate of drug-likeness (QED) is 0.729. The van der Waals surface area contributed by atoms with Crippen LogP contribution >= 0.6 is 11.3 Å². The molecule has 0 aromatic carbocycles. The Morgan fingerprint density at radius 1 is 1.83 bits per heavy atom. The van der Waals surface area contributed by atoms with Crippen LogP contribution in [0.15, 0.2) is 12.3 Å². The Morgan fingerprint density at radius 3 is 3.08 bits per heavy atom. The van der Waals surface area contributed by atoms with Crippen LogP contribution in [0, 0.1) is 0 Å². The van der Waals surface area contributed by atoms with Gasteiger partial charge >= 0.3 is 5.97 Å². The van der Waals surface area contributed by atoms with E-state index in [1.165, 1.54) is 6.20 Å². The largest absolute Gasteiger partial charge is 0.477 e. The van der Waals surface area contributed by atoms with Gasteiger partial charge in [0.15, 0.2) is 0 Å². The average molecular weight is 184 g/mol. The lowest BCUT2D eigenvalue weighted by atomic mass is 10.5. The fraction of sp³-hybridized carbons (Fsp3) is 0.143. The highest BCUT2D eigenvalue weighted by Gasteiger charge is 2.05. The zero-order valence-electron chi connectivity index (χ0n) is 6.23. The van der Waals surface area contributed by atoms with Crippen molar-refractivity contribution >= 4 is 23.4 Å². The van der Waals surface area contributed by atoms with E-state index in [0.29, 0.717) is 11.6 Å². The third-order valence-electron chi connectivity index (χ3n) is 1.13. The molecule has 1 heterocycles. The van der Waals surface area contributed by atoms with Crippen molar-refractivity contribution in [3.05, 3.63) is 22.2 Å². The van der Waals surface area contributed by atoms with E-state index in [0.717, 1.165) is 11.3 Å². The first kappa shape index (κ1) is 8.89. The molecule has 64 valence electrons. The van der Waals surface area contributed by atoms with Crippen LogP contribution in [-0.4, -0.2) is 22.6 Å². The first-order valence-electron chi connectivity index (χ1n) is 3.29. The monoisotopic (exact) mass is 184 g/mol. The molecule has 0 saturated heterocycles. The Bertz CT molecular complexity index is 306. The lowest BCUT2D eigenvalue weighted by Gasteiger charge is -1.81. The Morgan fingerprint density at radius 2 is 2.58 bits per heavy atom. The highest BCUT2D eigenvalue weighted by molar-refractivity contribution is 7.14. The average Bonchev–Trinajstić information content (AvgIpc) is 2.48. The van der Waals surface area contributed by atoms with Gasteiger partial charge in [0.2, 0.25) is 0 Å². The van der Waals surface area contributed by atoms with Gasteiger partial charge in [0.05, 0.1) is 6.20 Å². The molecule has 0 fully saturated rings. The molecule has 0 aliphatic carbocycles. The molecule has 0 aliphatic heterocycles. The number of aromatic nitrogens is 1. The van der Waals surface area contributed by atoms with Crippen molar-refractivity contribution in [2.24, 2.45) is 5.73 Å². The fourth-order valence-corrected chi connectivity index (χ4v) is 1.32. The predicted molar refractivity (Wildman–Crippen MR) is 47.2 cm³/mol. The van der Waals surface area contributed by atoms with Gasteiger partial charge in [-0.1, -0.05) is 6.08 Å².